The zero-order valence-corrected chi connectivity index (χ0v) is 19.0. The van der Waals surface area contributed by atoms with Gasteiger partial charge in [0.05, 0.1) is 5.69 Å². The summed E-state index contributed by atoms with van der Waals surface area (Å²) in [6.07, 6.45) is 0. The lowest BCUT2D eigenvalue weighted by molar-refractivity contribution is -0.138. The fourth-order valence-corrected chi connectivity index (χ4v) is 4.09. The molecule has 5 N–H and O–H groups in total. The molecular weight excluding hydrogens is 396 g/mol. The van der Waals surface area contributed by atoms with Gasteiger partial charge in [0.15, 0.2) is 0 Å². The minimum Gasteiger partial charge on any atom is -0.462 e. The molecule has 0 unspecified atom stereocenters. The van der Waals surface area contributed by atoms with Crippen molar-refractivity contribution < 1.29 is 9.53 Å². The summed E-state index contributed by atoms with van der Waals surface area (Å²) in [6, 6.07) is 15.0. The maximum Gasteiger partial charge on any atom is 0.293 e. The minimum absolute atomic E-state index is 0.318. The number of carbonyl (C=O) groups excluding carboxylic acids is 1. The van der Waals surface area contributed by atoms with Crippen molar-refractivity contribution in [3.63, 3.8) is 0 Å². The molecule has 1 aliphatic rings. The number of nitrogens with zero attached hydrogens (tertiary/aromatic N) is 1. The van der Waals surface area contributed by atoms with E-state index in [0.29, 0.717) is 19.6 Å². The molecule has 1 fully saturated rings. The summed E-state index contributed by atoms with van der Waals surface area (Å²) >= 11 is 1.80. The van der Waals surface area contributed by atoms with Crippen LogP contribution in [0.25, 0.3) is 0 Å². The van der Waals surface area contributed by atoms with E-state index in [2.05, 4.69) is 57.4 Å². The van der Waals surface area contributed by atoms with Crippen LogP contribution in [0.4, 0.5) is 5.69 Å². The number of hydrogen-bond acceptors (Lipinski definition) is 7. The molecule has 6 nitrogen and oxygen atoms in total. The number of carbonyl (C=O) groups is 1. The van der Waals surface area contributed by atoms with Gasteiger partial charge in [-0.1, -0.05) is 36.0 Å². The van der Waals surface area contributed by atoms with Gasteiger partial charge in [-0.15, -0.1) is 0 Å². The Kier molecular flexibility index (Phi) is 9.65. The zero-order chi connectivity index (χ0) is 22.0. The number of rotatable bonds is 6. The topological polar surface area (TPSA) is 93.6 Å². The third-order valence-corrected chi connectivity index (χ3v) is 5.71. The van der Waals surface area contributed by atoms with Gasteiger partial charge in [-0.05, 0) is 50.1 Å². The van der Waals surface area contributed by atoms with Crippen LogP contribution in [-0.4, -0.2) is 38.3 Å². The minimum atomic E-state index is -0.318. The number of nitrogens with one attached hydrogen (secondary N) is 1. The number of benzene rings is 2. The second kappa shape index (κ2) is 12.0. The molecule has 2 aromatic rings. The van der Waals surface area contributed by atoms with Gasteiger partial charge in [-0.3, -0.25) is 4.79 Å². The van der Waals surface area contributed by atoms with Crippen molar-refractivity contribution >= 4 is 23.9 Å². The van der Waals surface area contributed by atoms with Crippen LogP contribution in [0.2, 0.25) is 0 Å². The Morgan fingerprint density at radius 2 is 1.77 bits per heavy atom. The third-order valence-electron chi connectivity index (χ3n) is 4.53. The Balaban J connectivity index is 0.000000396. The van der Waals surface area contributed by atoms with Crippen LogP contribution < -0.4 is 21.7 Å². The molecule has 1 aliphatic heterocycles. The van der Waals surface area contributed by atoms with E-state index in [1.807, 2.05) is 20.8 Å². The predicted molar refractivity (Wildman–Crippen MR) is 125 cm³/mol. The second-order valence-electron chi connectivity index (χ2n) is 7.98. The van der Waals surface area contributed by atoms with Crippen molar-refractivity contribution in [3.8, 4) is 0 Å². The number of piperazine rings is 1. The monoisotopic (exact) mass is 430 g/mol. The lowest BCUT2D eigenvalue weighted by Gasteiger charge is -2.31. The van der Waals surface area contributed by atoms with Gasteiger partial charge < -0.3 is 26.4 Å². The van der Waals surface area contributed by atoms with Gasteiger partial charge in [0.2, 0.25) is 0 Å². The molecule has 0 aliphatic carbocycles. The Hall–Kier alpha value is -2.06. The normalized spacial score (nSPS) is 14.0. The number of para-hydroxylation sites is 1. The van der Waals surface area contributed by atoms with E-state index in [9.17, 15) is 4.79 Å². The fourth-order valence-electron chi connectivity index (χ4n) is 2.99. The average Bonchev–Trinajstić information content (AvgIpc) is 2.74. The first-order valence-corrected chi connectivity index (χ1v) is 11.1. The van der Waals surface area contributed by atoms with Crippen LogP contribution in [0.1, 0.15) is 31.9 Å². The molecule has 164 valence electrons. The summed E-state index contributed by atoms with van der Waals surface area (Å²) in [5, 5.41) is 3.41. The van der Waals surface area contributed by atoms with Gasteiger partial charge in [0, 0.05) is 49.1 Å². The molecule has 3 rings (SSSR count). The Morgan fingerprint density at radius 1 is 1.07 bits per heavy atom. The molecule has 0 spiro atoms. The molecule has 0 aromatic heterocycles. The van der Waals surface area contributed by atoms with Crippen molar-refractivity contribution in [3.05, 3.63) is 53.6 Å². The van der Waals surface area contributed by atoms with Crippen molar-refractivity contribution in [2.24, 2.45) is 11.5 Å². The summed E-state index contributed by atoms with van der Waals surface area (Å²) in [4.78, 5) is 14.5. The van der Waals surface area contributed by atoms with Crippen molar-refractivity contribution in [2.75, 3.05) is 31.1 Å². The fraction of sp³-hybridized carbons (Fsp3) is 0.435. The largest absolute Gasteiger partial charge is 0.462 e. The van der Waals surface area contributed by atoms with Crippen LogP contribution >= 0.6 is 11.8 Å². The molecule has 30 heavy (non-hydrogen) atoms. The lowest BCUT2D eigenvalue weighted by atomic mass is 10.1. The van der Waals surface area contributed by atoms with Crippen LogP contribution in [0.5, 0.6) is 0 Å². The summed E-state index contributed by atoms with van der Waals surface area (Å²) in [5.74, 6) is 0. The van der Waals surface area contributed by atoms with E-state index >= 15 is 0 Å². The number of nitrogens with two attached hydrogens (primary N) is 2. The zero-order valence-electron chi connectivity index (χ0n) is 18.2. The molecule has 0 bridgehead atoms. The summed E-state index contributed by atoms with van der Waals surface area (Å²) in [5.41, 5.74) is 15.0. The van der Waals surface area contributed by atoms with E-state index < -0.39 is 0 Å². The smallest absolute Gasteiger partial charge is 0.293 e. The Labute approximate surface area is 184 Å². The maximum atomic E-state index is 9.60. The highest BCUT2D eigenvalue weighted by molar-refractivity contribution is 7.99. The highest BCUT2D eigenvalue weighted by Gasteiger charge is 2.15. The SMILES string of the molecule is CC(C)(C)OC=O.NCc1ccc(Sc2ccccc2N2CCNCC2)c(CN)c1. The standard InChI is InChI=1S/C18H24N4S.C5H10O2/c19-12-14-5-6-17(15(11-14)13-20)23-18-4-2-1-3-16(18)22-9-7-21-8-10-22;1-5(2,3)7-4-6/h1-6,11,21H,7-10,12-13,19-20H2;4H,1-3H3. The predicted octanol–water partition coefficient (Wildman–Crippen LogP) is 3.12. The lowest BCUT2D eigenvalue weighted by Crippen LogP contribution is -2.43. The van der Waals surface area contributed by atoms with E-state index in [0.717, 1.165) is 37.3 Å². The van der Waals surface area contributed by atoms with Gasteiger partial charge in [-0.25, -0.2) is 0 Å². The first-order chi connectivity index (χ1) is 14.4. The quantitative estimate of drug-likeness (QED) is 0.606. The molecule has 1 saturated heterocycles. The summed E-state index contributed by atoms with van der Waals surface area (Å²) in [6.45, 7) is 11.2. The number of ether oxygens (including phenoxy) is 1. The van der Waals surface area contributed by atoms with E-state index in [-0.39, 0.29) is 5.60 Å². The number of hydrogen-bond donors (Lipinski definition) is 3. The van der Waals surface area contributed by atoms with E-state index in [1.165, 1.54) is 15.5 Å². The Bertz CT molecular complexity index is 802. The molecule has 1 heterocycles. The molecule has 0 amide bonds. The molecular formula is C23H34N4O2S. The summed E-state index contributed by atoms with van der Waals surface area (Å²) < 4.78 is 4.55. The van der Waals surface area contributed by atoms with Gasteiger partial charge >= 0.3 is 0 Å². The maximum absolute atomic E-state index is 9.60. The Morgan fingerprint density at radius 3 is 2.33 bits per heavy atom. The van der Waals surface area contributed by atoms with Crippen molar-refractivity contribution in [2.45, 2.75) is 49.3 Å². The third kappa shape index (κ3) is 7.65. The first kappa shape index (κ1) is 24.2. The van der Waals surface area contributed by atoms with Crippen LogP contribution in [0.15, 0.2) is 52.3 Å². The van der Waals surface area contributed by atoms with Gasteiger partial charge in [-0.2, -0.15) is 0 Å². The number of anilines is 1. The van der Waals surface area contributed by atoms with Crippen LogP contribution in [-0.2, 0) is 22.6 Å². The van der Waals surface area contributed by atoms with Crippen molar-refractivity contribution in [1.29, 1.82) is 0 Å². The highest BCUT2D eigenvalue weighted by atomic mass is 32.2. The molecule has 0 atom stereocenters. The van der Waals surface area contributed by atoms with Crippen LogP contribution in [0, 0.1) is 0 Å². The highest BCUT2D eigenvalue weighted by Crippen LogP contribution is 2.37. The first-order valence-electron chi connectivity index (χ1n) is 10.2. The van der Waals surface area contributed by atoms with Crippen molar-refractivity contribution in [1.82, 2.24) is 5.32 Å². The molecule has 7 heteroatoms. The van der Waals surface area contributed by atoms with Gasteiger partial charge in [0.25, 0.3) is 6.47 Å². The van der Waals surface area contributed by atoms with Gasteiger partial charge in [0.1, 0.15) is 5.60 Å². The average molecular weight is 431 g/mol. The second-order valence-corrected chi connectivity index (χ2v) is 9.07. The van der Waals surface area contributed by atoms with Crippen LogP contribution in [0.3, 0.4) is 0 Å². The summed E-state index contributed by atoms with van der Waals surface area (Å²) in [7, 11) is 0. The van der Waals surface area contributed by atoms with E-state index in [1.54, 1.807) is 11.8 Å². The van der Waals surface area contributed by atoms with E-state index in [4.69, 9.17) is 11.5 Å². The molecule has 0 saturated carbocycles. The molecule has 0 radical (unpaired) electrons. The molecule has 2 aromatic carbocycles.